The fourth-order valence-electron chi connectivity index (χ4n) is 2.45. The Labute approximate surface area is 130 Å². The molecule has 7 heteroatoms. The van der Waals surface area contributed by atoms with E-state index in [9.17, 15) is 9.90 Å². The third-order valence-corrected chi connectivity index (χ3v) is 3.84. The van der Waals surface area contributed by atoms with Crippen LogP contribution in [0.2, 0.25) is 0 Å². The van der Waals surface area contributed by atoms with Gasteiger partial charge in [-0.25, -0.2) is 0 Å². The minimum Gasteiger partial charge on any atom is -0.466 e. The summed E-state index contributed by atoms with van der Waals surface area (Å²) in [6.07, 6.45) is 2.85. The van der Waals surface area contributed by atoms with E-state index in [0.717, 1.165) is 6.42 Å². The van der Waals surface area contributed by atoms with Crippen molar-refractivity contribution in [2.45, 2.75) is 31.4 Å². The lowest BCUT2D eigenvalue weighted by atomic mass is 10.0. The third-order valence-electron chi connectivity index (χ3n) is 3.84. The van der Waals surface area contributed by atoms with Crippen molar-refractivity contribution in [3.05, 3.63) is 24.2 Å². The summed E-state index contributed by atoms with van der Waals surface area (Å²) < 4.78 is 5.25. The van der Waals surface area contributed by atoms with Crippen molar-refractivity contribution in [2.24, 2.45) is 4.99 Å². The number of carbonyl (C=O) groups excluding carboxylic acids is 1. The second-order valence-corrected chi connectivity index (χ2v) is 5.83. The van der Waals surface area contributed by atoms with Crippen LogP contribution in [-0.4, -0.2) is 55.1 Å². The maximum Gasteiger partial charge on any atom is 0.222 e. The quantitative estimate of drug-likeness (QED) is 0.549. The number of likely N-dealkylation sites (N-methyl/N-ethyl adjacent to an activating group) is 1. The molecule has 1 amide bonds. The van der Waals surface area contributed by atoms with Crippen LogP contribution in [0.5, 0.6) is 0 Å². The van der Waals surface area contributed by atoms with Gasteiger partial charge < -0.3 is 25.1 Å². The Kier molecular flexibility index (Phi) is 5.07. The van der Waals surface area contributed by atoms with Crippen molar-refractivity contribution >= 4 is 11.9 Å². The first-order valence-electron chi connectivity index (χ1n) is 7.40. The number of aliphatic hydroxyl groups is 1. The first kappa shape index (κ1) is 16.4. The molecule has 0 spiro atoms. The molecule has 2 heterocycles. The van der Waals surface area contributed by atoms with Gasteiger partial charge in [0.15, 0.2) is 5.96 Å². The molecule has 2 atom stereocenters. The summed E-state index contributed by atoms with van der Waals surface area (Å²) in [7, 11) is 3.47. The molecule has 122 valence electrons. The number of amides is 1. The molecule has 3 N–H and O–H groups in total. The summed E-state index contributed by atoms with van der Waals surface area (Å²) in [4.78, 5) is 17.4. The zero-order chi connectivity index (χ0) is 16.2. The minimum atomic E-state index is -1.12. The molecule has 7 nitrogen and oxygen atoms in total. The van der Waals surface area contributed by atoms with Crippen LogP contribution in [0, 0.1) is 0 Å². The van der Waals surface area contributed by atoms with E-state index in [1.165, 1.54) is 6.26 Å². The molecule has 22 heavy (non-hydrogen) atoms. The third kappa shape index (κ3) is 4.00. The number of nitrogens with one attached hydrogen (secondary N) is 2. The van der Waals surface area contributed by atoms with E-state index in [4.69, 9.17) is 4.42 Å². The van der Waals surface area contributed by atoms with Crippen LogP contribution < -0.4 is 10.6 Å². The Morgan fingerprint density at radius 3 is 3.00 bits per heavy atom. The fraction of sp³-hybridized carbons (Fsp3) is 0.600. The molecule has 1 aromatic rings. The van der Waals surface area contributed by atoms with E-state index in [1.807, 2.05) is 0 Å². The summed E-state index contributed by atoms with van der Waals surface area (Å²) in [5.74, 6) is 1.26. The average molecular weight is 308 g/mol. The topological polar surface area (TPSA) is 90.1 Å². The fourth-order valence-corrected chi connectivity index (χ4v) is 2.45. The number of aliphatic imine (C=N–C) groups is 1. The van der Waals surface area contributed by atoms with Gasteiger partial charge >= 0.3 is 0 Å². The number of nitrogens with zero attached hydrogens (tertiary/aromatic N) is 2. The summed E-state index contributed by atoms with van der Waals surface area (Å²) in [6.45, 7) is 2.59. The van der Waals surface area contributed by atoms with E-state index in [2.05, 4.69) is 15.6 Å². The van der Waals surface area contributed by atoms with E-state index in [1.54, 1.807) is 38.1 Å². The van der Waals surface area contributed by atoms with Gasteiger partial charge in [0.2, 0.25) is 5.91 Å². The lowest BCUT2D eigenvalue weighted by Gasteiger charge is -2.31. The first-order chi connectivity index (χ1) is 10.4. The van der Waals surface area contributed by atoms with Crippen molar-refractivity contribution < 1.29 is 14.3 Å². The van der Waals surface area contributed by atoms with Gasteiger partial charge in [0.1, 0.15) is 11.4 Å². The van der Waals surface area contributed by atoms with Crippen molar-refractivity contribution in [2.75, 3.05) is 27.2 Å². The highest BCUT2D eigenvalue weighted by molar-refractivity contribution is 5.81. The van der Waals surface area contributed by atoms with Crippen LogP contribution >= 0.6 is 0 Å². The van der Waals surface area contributed by atoms with Gasteiger partial charge in [0.25, 0.3) is 0 Å². The molecule has 2 unspecified atom stereocenters. The molecule has 1 fully saturated rings. The van der Waals surface area contributed by atoms with Crippen molar-refractivity contribution in [3.63, 3.8) is 0 Å². The largest absolute Gasteiger partial charge is 0.466 e. The number of rotatable bonds is 4. The summed E-state index contributed by atoms with van der Waals surface area (Å²) in [6, 6.07) is 3.63. The predicted octanol–water partition coefficient (Wildman–Crippen LogP) is 0.273. The van der Waals surface area contributed by atoms with Gasteiger partial charge in [-0.05, 0) is 25.5 Å². The van der Waals surface area contributed by atoms with Crippen molar-refractivity contribution in [3.8, 4) is 0 Å². The number of piperidine rings is 1. The van der Waals surface area contributed by atoms with Gasteiger partial charge in [-0.1, -0.05) is 0 Å². The molecule has 0 bridgehead atoms. The number of likely N-dealkylation sites (tertiary alicyclic amines) is 1. The molecule has 1 aliphatic heterocycles. The smallest absolute Gasteiger partial charge is 0.222 e. The maximum absolute atomic E-state index is 11.5. The van der Waals surface area contributed by atoms with Gasteiger partial charge in [0.05, 0.1) is 12.8 Å². The number of hydrogen-bond donors (Lipinski definition) is 3. The molecule has 1 aromatic heterocycles. The van der Waals surface area contributed by atoms with Gasteiger partial charge in [-0.15, -0.1) is 0 Å². The molecule has 0 radical (unpaired) electrons. The molecule has 0 aromatic carbocycles. The molecule has 1 aliphatic rings. The minimum absolute atomic E-state index is 0.155. The standard InChI is InChI=1S/C15H24N4O3/c1-15(21,12-5-4-8-22-12)10-17-14(16-2)18-11-6-7-13(20)19(3)9-11/h4-5,8,11,21H,6-7,9-10H2,1-3H3,(H2,16,17,18). The van der Waals surface area contributed by atoms with Crippen LogP contribution in [0.1, 0.15) is 25.5 Å². The molecule has 0 saturated carbocycles. The van der Waals surface area contributed by atoms with Crippen LogP contribution in [0.4, 0.5) is 0 Å². The second kappa shape index (κ2) is 6.83. The molecular weight excluding hydrogens is 284 g/mol. The molecule has 0 aliphatic carbocycles. The highest BCUT2D eigenvalue weighted by Gasteiger charge is 2.27. The predicted molar refractivity (Wildman–Crippen MR) is 83.4 cm³/mol. The van der Waals surface area contributed by atoms with E-state index in [-0.39, 0.29) is 18.5 Å². The summed E-state index contributed by atoms with van der Waals surface area (Å²) in [5.41, 5.74) is -1.12. The Bertz CT molecular complexity index is 525. The van der Waals surface area contributed by atoms with Crippen LogP contribution in [-0.2, 0) is 10.4 Å². The van der Waals surface area contributed by atoms with Gasteiger partial charge in [0, 0.05) is 33.1 Å². The van der Waals surface area contributed by atoms with E-state index in [0.29, 0.717) is 24.7 Å². The maximum atomic E-state index is 11.5. The van der Waals surface area contributed by atoms with Crippen LogP contribution in [0.25, 0.3) is 0 Å². The molecule has 2 rings (SSSR count). The lowest BCUT2D eigenvalue weighted by molar-refractivity contribution is -0.132. The zero-order valence-electron chi connectivity index (χ0n) is 13.3. The molecule has 1 saturated heterocycles. The summed E-state index contributed by atoms with van der Waals surface area (Å²) in [5, 5.41) is 16.8. The zero-order valence-corrected chi connectivity index (χ0v) is 13.3. The average Bonchev–Trinajstić information content (AvgIpc) is 3.02. The van der Waals surface area contributed by atoms with Crippen LogP contribution in [0.3, 0.4) is 0 Å². The number of hydrogen-bond acceptors (Lipinski definition) is 4. The van der Waals surface area contributed by atoms with Gasteiger partial charge in [-0.3, -0.25) is 9.79 Å². The Balaban J connectivity index is 1.87. The lowest BCUT2D eigenvalue weighted by Crippen LogP contribution is -2.53. The Morgan fingerprint density at radius 2 is 2.41 bits per heavy atom. The van der Waals surface area contributed by atoms with E-state index >= 15 is 0 Å². The Hall–Kier alpha value is -2.02. The number of furan rings is 1. The summed E-state index contributed by atoms with van der Waals surface area (Å²) >= 11 is 0. The van der Waals surface area contributed by atoms with Gasteiger partial charge in [-0.2, -0.15) is 0 Å². The van der Waals surface area contributed by atoms with E-state index < -0.39 is 5.60 Å². The monoisotopic (exact) mass is 308 g/mol. The second-order valence-electron chi connectivity index (χ2n) is 5.83. The van der Waals surface area contributed by atoms with Crippen molar-refractivity contribution in [1.82, 2.24) is 15.5 Å². The number of guanidine groups is 1. The number of carbonyl (C=O) groups is 1. The van der Waals surface area contributed by atoms with Crippen molar-refractivity contribution in [1.29, 1.82) is 0 Å². The SMILES string of the molecule is CN=C(NCC(C)(O)c1ccco1)NC1CCC(=O)N(C)C1. The van der Waals surface area contributed by atoms with Crippen LogP contribution in [0.15, 0.2) is 27.8 Å². The molecular formula is C15H24N4O3. The first-order valence-corrected chi connectivity index (χ1v) is 7.40. The highest BCUT2D eigenvalue weighted by atomic mass is 16.4. The highest BCUT2D eigenvalue weighted by Crippen LogP contribution is 2.19. The normalized spacial score (nSPS) is 22.4. The Morgan fingerprint density at radius 1 is 1.64 bits per heavy atom.